The predicted molar refractivity (Wildman–Crippen MR) is 84.4 cm³/mol. The lowest BCUT2D eigenvalue weighted by Gasteiger charge is -2.35. The molecule has 0 aromatic heterocycles. The molecule has 0 radical (unpaired) electrons. The van der Waals surface area contributed by atoms with E-state index in [1.165, 1.54) is 0 Å². The van der Waals surface area contributed by atoms with E-state index in [4.69, 9.17) is 28.9 Å². The fourth-order valence-electron chi connectivity index (χ4n) is 2.92. The summed E-state index contributed by atoms with van der Waals surface area (Å²) in [5.74, 6) is 0.141. The zero-order valence-electron chi connectivity index (χ0n) is 11.8. The molecule has 0 aliphatic heterocycles. The van der Waals surface area contributed by atoms with Crippen LogP contribution in [0.5, 0.6) is 5.75 Å². The van der Waals surface area contributed by atoms with Gasteiger partial charge in [-0.3, -0.25) is 4.90 Å². The van der Waals surface area contributed by atoms with Crippen LogP contribution < -0.4 is 5.73 Å². The van der Waals surface area contributed by atoms with Crippen molar-refractivity contribution < 1.29 is 5.11 Å². The van der Waals surface area contributed by atoms with Crippen LogP contribution in [0.15, 0.2) is 12.1 Å². The van der Waals surface area contributed by atoms with Gasteiger partial charge in [0.05, 0.1) is 5.02 Å². The number of aromatic hydroxyl groups is 1. The van der Waals surface area contributed by atoms with Gasteiger partial charge in [-0.1, -0.05) is 30.1 Å². The molecule has 3 N–H and O–H groups in total. The molecule has 1 saturated carbocycles. The second-order valence-corrected chi connectivity index (χ2v) is 6.37. The minimum absolute atomic E-state index is 0.141. The number of nitrogens with zero attached hydrogens (tertiary/aromatic N) is 1. The minimum Gasteiger partial charge on any atom is -0.506 e. The maximum Gasteiger partial charge on any atom is 0.138 e. The number of halogens is 2. The summed E-state index contributed by atoms with van der Waals surface area (Å²) < 4.78 is 0. The first kappa shape index (κ1) is 15.9. The van der Waals surface area contributed by atoms with Gasteiger partial charge in [0.2, 0.25) is 0 Å². The van der Waals surface area contributed by atoms with E-state index < -0.39 is 0 Å². The molecule has 0 bridgehead atoms. The van der Waals surface area contributed by atoms with Crippen molar-refractivity contribution >= 4 is 23.2 Å². The van der Waals surface area contributed by atoms with Gasteiger partial charge in [-0.15, -0.1) is 0 Å². The lowest BCUT2D eigenvalue weighted by atomic mass is 9.90. The van der Waals surface area contributed by atoms with Crippen LogP contribution in [0.1, 0.15) is 38.2 Å². The fraction of sp³-hybridized carbons (Fsp3) is 0.600. The Labute approximate surface area is 130 Å². The summed E-state index contributed by atoms with van der Waals surface area (Å²) in [6, 6.07) is 4.23. The lowest BCUT2D eigenvalue weighted by Crippen LogP contribution is -2.40. The van der Waals surface area contributed by atoms with E-state index in [9.17, 15) is 5.11 Å². The Kier molecular flexibility index (Phi) is 5.56. The van der Waals surface area contributed by atoms with Crippen LogP contribution in [0.2, 0.25) is 10.0 Å². The molecule has 2 rings (SSSR count). The van der Waals surface area contributed by atoms with Crippen molar-refractivity contribution in [1.29, 1.82) is 0 Å². The van der Waals surface area contributed by atoms with Gasteiger partial charge < -0.3 is 10.8 Å². The summed E-state index contributed by atoms with van der Waals surface area (Å²) in [4.78, 5) is 2.37. The Morgan fingerprint density at radius 2 is 1.90 bits per heavy atom. The Hall–Kier alpha value is -0.480. The Bertz CT molecular complexity index is 459. The quantitative estimate of drug-likeness (QED) is 0.888. The number of nitrogens with two attached hydrogens (primary N) is 1. The third-order valence-electron chi connectivity index (χ3n) is 4.14. The molecule has 0 unspecified atom stereocenters. The summed E-state index contributed by atoms with van der Waals surface area (Å²) in [5.41, 5.74) is 6.75. The summed E-state index contributed by atoms with van der Waals surface area (Å²) in [7, 11) is 0. The van der Waals surface area contributed by atoms with Gasteiger partial charge >= 0.3 is 0 Å². The van der Waals surface area contributed by atoms with E-state index in [0.29, 0.717) is 28.7 Å². The van der Waals surface area contributed by atoms with Gasteiger partial charge in [-0.2, -0.15) is 0 Å². The first-order chi connectivity index (χ1) is 9.51. The third-order valence-corrected chi connectivity index (χ3v) is 4.65. The van der Waals surface area contributed by atoms with Gasteiger partial charge in [0.25, 0.3) is 0 Å². The molecule has 1 aromatic rings. The maximum atomic E-state index is 10.1. The highest BCUT2D eigenvalue weighted by molar-refractivity contribution is 6.35. The number of phenols is 1. The molecule has 0 heterocycles. The van der Waals surface area contributed by atoms with Crippen molar-refractivity contribution in [3.05, 3.63) is 27.7 Å². The molecule has 0 amide bonds. The molecule has 1 fully saturated rings. The lowest BCUT2D eigenvalue weighted by molar-refractivity contribution is 0.148. The zero-order chi connectivity index (χ0) is 14.7. The largest absolute Gasteiger partial charge is 0.506 e. The SMILES string of the molecule is CCN(Cc1cc(Cl)cc(Cl)c1O)C1CCC(N)CC1. The normalized spacial score (nSPS) is 23.2. The van der Waals surface area contributed by atoms with Crippen molar-refractivity contribution in [3.8, 4) is 5.75 Å². The van der Waals surface area contributed by atoms with E-state index >= 15 is 0 Å². The molecular formula is C15H22Cl2N2O. The molecular weight excluding hydrogens is 295 g/mol. The molecule has 1 aromatic carbocycles. The summed E-state index contributed by atoms with van der Waals surface area (Å²) in [5, 5.41) is 10.9. The van der Waals surface area contributed by atoms with Gasteiger partial charge in [-0.25, -0.2) is 0 Å². The fourth-order valence-corrected chi connectivity index (χ4v) is 3.46. The van der Waals surface area contributed by atoms with E-state index in [2.05, 4.69) is 11.8 Å². The number of hydrogen-bond acceptors (Lipinski definition) is 3. The molecule has 3 nitrogen and oxygen atoms in total. The Balaban J connectivity index is 2.10. The monoisotopic (exact) mass is 316 g/mol. The molecule has 0 saturated heterocycles. The van der Waals surface area contributed by atoms with Crippen LogP contribution in [-0.2, 0) is 6.54 Å². The average molecular weight is 317 g/mol. The van der Waals surface area contributed by atoms with Crippen LogP contribution >= 0.6 is 23.2 Å². The second-order valence-electron chi connectivity index (χ2n) is 5.53. The number of benzene rings is 1. The first-order valence-corrected chi connectivity index (χ1v) is 7.93. The average Bonchev–Trinajstić information content (AvgIpc) is 2.42. The molecule has 0 atom stereocenters. The van der Waals surface area contributed by atoms with E-state index in [0.717, 1.165) is 37.8 Å². The summed E-state index contributed by atoms with van der Waals surface area (Å²) in [6.07, 6.45) is 4.38. The number of rotatable bonds is 4. The molecule has 5 heteroatoms. The number of hydrogen-bond donors (Lipinski definition) is 2. The second kappa shape index (κ2) is 6.99. The van der Waals surface area contributed by atoms with Crippen LogP contribution in [0.4, 0.5) is 0 Å². The van der Waals surface area contributed by atoms with Crippen LogP contribution in [0.25, 0.3) is 0 Å². The van der Waals surface area contributed by atoms with Crippen molar-refractivity contribution in [2.75, 3.05) is 6.54 Å². The van der Waals surface area contributed by atoms with Gasteiger partial charge in [0.1, 0.15) is 5.75 Å². The van der Waals surface area contributed by atoms with Gasteiger partial charge in [0, 0.05) is 29.2 Å². The number of phenolic OH excluding ortho intramolecular Hbond substituents is 1. The summed E-state index contributed by atoms with van der Waals surface area (Å²) in [6.45, 7) is 3.74. The molecule has 0 spiro atoms. The molecule has 1 aliphatic rings. The molecule has 1 aliphatic carbocycles. The van der Waals surface area contributed by atoms with Crippen LogP contribution in [0.3, 0.4) is 0 Å². The van der Waals surface area contributed by atoms with E-state index in [1.54, 1.807) is 12.1 Å². The zero-order valence-corrected chi connectivity index (χ0v) is 13.3. The van der Waals surface area contributed by atoms with E-state index in [1.807, 2.05) is 0 Å². The standard InChI is InChI=1S/C15H22Cl2N2O/c1-2-19(13-5-3-12(18)4-6-13)9-10-7-11(16)8-14(17)15(10)20/h7-8,12-13,20H,2-6,9,18H2,1H3. The van der Waals surface area contributed by atoms with Crippen molar-refractivity contribution in [2.24, 2.45) is 5.73 Å². The Morgan fingerprint density at radius 1 is 1.25 bits per heavy atom. The van der Waals surface area contributed by atoms with E-state index in [-0.39, 0.29) is 5.75 Å². The van der Waals surface area contributed by atoms with Crippen molar-refractivity contribution in [3.63, 3.8) is 0 Å². The van der Waals surface area contributed by atoms with Crippen molar-refractivity contribution in [1.82, 2.24) is 4.90 Å². The molecule has 20 heavy (non-hydrogen) atoms. The topological polar surface area (TPSA) is 49.5 Å². The van der Waals surface area contributed by atoms with Gasteiger partial charge in [-0.05, 0) is 44.4 Å². The minimum atomic E-state index is 0.141. The highest BCUT2D eigenvalue weighted by Crippen LogP contribution is 2.33. The first-order valence-electron chi connectivity index (χ1n) is 7.17. The smallest absolute Gasteiger partial charge is 0.138 e. The van der Waals surface area contributed by atoms with Gasteiger partial charge in [0.15, 0.2) is 0 Å². The maximum absolute atomic E-state index is 10.1. The predicted octanol–water partition coefficient (Wildman–Crippen LogP) is 3.79. The Morgan fingerprint density at radius 3 is 2.50 bits per heavy atom. The highest BCUT2D eigenvalue weighted by Gasteiger charge is 2.24. The van der Waals surface area contributed by atoms with Crippen molar-refractivity contribution in [2.45, 2.75) is 51.2 Å². The third kappa shape index (κ3) is 3.79. The van der Waals surface area contributed by atoms with Crippen LogP contribution in [-0.4, -0.2) is 28.6 Å². The van der Waals surface area contributed by atoms with Crippen LogP contribution in [0, 0.1) is 0 Å². The highest BCUT2D eigenvalue weighted by atomic mass is 35.5. The molecule has 112 valence electrons. The summed E-state index contributed by atoms with van der Waals surface area (Å²) >= 11 is 12.0.